The van der Waals surface area contributed by atoms with Gasteiger partial charge in [0.2, 0.25) is 5.91 Å². The van der Waals surface area contributed by atoms with Gasteiger partial charge in [0, 0.05) is 5.69 Å². The average molecular weight is 295 g/mol. The maximum atomic E-state index is 11.7. The molecule has 4 nitrogen and oxygen atoms in total. The Morgan fingerprint density at radius 2 is 2.05 bits per heavy atom. The molecule has 1 N–H and O–H groups in total. The van der Waals surface area contributed by atoms with Crippen LogP contribution in [0.15, 0.2) is 24.3 Å². The van der Waals surface area contributed by atoms with Gasteiger partial charge in [-0.3, -0.25) is 9.59 Å². The number of aryl methyl sites for hydroxylation is 1. The van der Waals surface area contributed by atoms with Gasteiger partial charge in [-0.2, -0.15) is 0 Å². The summed E-state index contributed by atoms with van der Waals surface area (Å²) in [7, 11) is 0. The molecule has 0 heterocycles. The highest BCUT2D eigenvalue weighted by Gasteiger charge is 2.07. The summed E-state index contributed by atoms with van der Waals surface area (Å²) in [5.74, 6) is 0.386. The monoisotopic (exact) mass is 295 g/mol. The fourth-order valence-electron chi connectivity index (χ4n) is 1.45. The predicted molar refractivity (Wildman–Crippen MR) is 82.9 cm³/mol. The predicted octanol–water partition coefficient (Wildman–Crippen LogP) is 2.87. The largest absolute Gasteiger partial charge is 0.465 e. The van der Waals surface area contributed by atoms with Crippen molar-refractivity contribution in [1.29, 1.82) is 0 Å². The van der Waals surface area contributed by atoms with Crippen LogP contribution in [-0.4, -0.2) is 30.0 Å². The molecule has 0 aliphatic rings. The minimum Gasteiger partial charge on any atom is -0.465 e. The smallest absolute Gasteiger partial charge is 0.315 e. The van der Waals surface area contributed by atoms with Crippen LogP contribution >= 0.6 is 11.8 Å². The van der Waals surface area contributed by atoms with E-state index in [4.69, 9.17) is 4.74 Å². The quantitative estimate of drug-likeness (QED) is 0.786. The van der Waals surface area contributed by atoms with Gasteiger partial charge in [-0.15, -0.1) is 11.8 Å². The summed E-state index contributed by atoms with van der Waals surface area (Å²) in [6.07, 6.45) is 0. The van der Waals surface area contributed by atoms with Crippen molar-refractivity contribution in [3.05, 3.63) is 29.8 Å². The second-order valence-corrected chi connectivity index (χ2v) is 5.97. The number of benzene rings is 1. The fraction of sp³-hybridized carbons (Fsp3) is 0.467. The van der Waals surface area contributed by atoms with Gasteiger partial charge in [0.1, 0.15) is 0 Å². The standard InChI is InChI=1S/C15H21NO3S/c1-11(2)8-19-15(18)10-20-9-14(17)16-13-6-4-5-12(3)7-13/h4-7,11H,8-10H2,1-3H3,(H,16,17). The number of amides is 1. The fourth-order valence-corrected chi connectivity index (χ4v) is 2.06. The van der Waals surface area contributed by atoms with Gasteiger partial charge in [0.25, 0.3) is 0 Å². The lowest BCUT2D eigenvalue weighted by Crippen LogP contribution is -2.17. The summed E-state index contributed by atoms with van der Waals surface area (Å²) in [6, 6.07) is 7.60. The van der Waals surface area contributed by atoms with Crippen LogP contribution in [0.3, 0.4) is 0 Å². The third-order valence-electron chi connectivity index (χ3n) is 2.33. The zero-order valence-corrected chi connectivity index (χ0v) is 13.0. The molecule has 0 aliphatic heterocycles. The number of hydrogen-bond donors (Lipinski definition) is 1. The maximum absolute atomic E-state index is 11.7. The highest BCUT2D eigenvalue weighted by Crippen LogP contribution is 2.10. The van der Waals surface area contributed by atoms with Crippen molar-refractivity contribution in [2.45, 2.75) is 20.8 Å². The van der Waals surface area contributed by atoms with E-state index >= 15 is 0 Å². The van der Waals surface area contributed by atoms with Crippen molar-refractivity contribution in [1.82, 2.24) is 0 Å². The molecule has 0 bridgehead atoms. The summed E-state index contributed by atoms with van der Waals surface area (Å²) in [5.41, 5.74) is 1.87. The van der Waals surface area contributed by atoms with E-state index in [1.54, 1.807) is 0 Å². The van der Waals surface area contributed by atoms with E-state index in [1.165, 1.54) is 11.8 Å². The SMILES string of the molecule is Cc1cccc(NC(=O)CSCC(=O)OCC(C)C)c1. The Kier molecular flexibility index (Phi) is 7.15. The van der Waals surface area contributed by atoms with Crippen molar-refractivity contribution in [2.75, 3.05) is 23.4 Å². The van der Waals surface area contributed by atoms with Gasteiger partial charge < -0.3 is 10.1 Å². The molecule has 0 aromatic heterocycles. The van der Waals surface area contributed by atoms with Crippen LogP contribution in [0.4, 0.5) is 5.69 Å². The van der Waals surface area contributed by atoms with E-state index < -0.39 is 0 Å². The number of thioether (sulfide) groups is 1. The highest BCUT2D eigenvalue weighted by molar-refractivity contribution is 8.00. The number of rotatable bonds is 7. The molecule has 1 aromatic rings. The van der Waals surface area contributed by atoms with Crippen molar-refractivity contribution in [3.8, 4) is 0 Å². The normalized spacial score (nSPS) is 10.4. The van der Waals surface area contributed by atoms with E-state index in [0.29, 0.717) is 12.5 Å². The molecule has 110 valence electrons. The second-order valence-electron chi connectivity index (χ2n) is 4.99. The first kappa shape index (κ1) is 16.6. The third kappa shape index (κ3) is 7.19. The number of carbonyl (C=O) groups excluding carboxylic acids is 2. The number of carbonyl (C=O) groups is 2. The van der Waals surface area contributed by atoms with Gasteiger partial charge in [-0.25, -0.2) is 0 Å². The van der Waals surface area contributed by atoms with Crippen LogP contribution in [0.1, 0.15) is 19.4 Å². The number of anilines is 1. The molecular weight excluding hydrogens is 274 g/mol. The van der Waals surface area contributed by atoms with Crippen LogP contribution in [-0.2, 0) is 14.3 Å². The lowest BCUT2D eigenvalue weighted by Gasteiger charge is -2.07. The molecule has 1 rings (SSSR count). The summed E-state index contributed by atoms with van der Waals surface area (Å²) in [5, 5.41) is 2.79. The van der Waals surface area contributed by atoms with E-state index in [2.05, 4.69) is 5.32 Å². The number of hydrogen-bond acceptors (Lipinski definition) is 4. The van der Waals surface area contributed by atoms with Crippen LogP contribution in [0.5, 0.6) is 0 Å². The molecule has 0 unspecified atom stereocenters. The van der Waals surface area contributed by atoms with Crippen molar-refractivity contribution in [3.63, 3.8) is 0 Å². The molecule has 0 fully saturated rings. The Morgan fingerprint density at radius 1 is 1.30 bits per heavy atom. The number of ether oxygens (including phenoxy) is 1. The molecule has 0 atom stereocenters. The number of esters is 1. The molecule has 5 heteroatoms. The summed E-state index contributed by atoms with van der Waals surface area (Å²) in [6.45, 7) is 6.36. The summed E-state index contributed by atoms with van der Waals surface area (Å²) in [4.78, 5) is 23.0. The topological polar surface area (TPSA) is 55.4 Å². The Bertz CT molecular complexity index is 460. The Morgan fingerprint density at radius 3 is 2.70 bits per heavy atom. The first-order chi connectivity index (χ1) is 9.47. The van der Waals surface area contributed by atoms with Gasteiger partial charge in [-0.05, 0) is 30.5 Å². The zero-order chi connectivity index (χ0) is 15.0. The molecule has 20 heavy (non-hydrogen) atoms. The number of nitrogens with one attached hydrogen (secondary N) is 1. The molecule has 0 spiro atoms. The molecule has 1 amide bonds. The Balaban J connectivity index is 2.22. The van der Waals surface area contributed by atoms with Crippen molar-refractivity contribution < 1.29 is 14.3 Å². The van der Waals surface area contributed by atoms with E-state index in [0.717, 1.165) is 11.3 Å². The van der Waals surface area contributed by atoms with Gasteiger partial charge in [0.05, 0.1) is 18.1 Å². The van der Waals surface area contributed by atoms with Crippen LogP contribution in [0, 0.1) is 12.8 Å². The average Bonchev–Trinajstić information content (AvgIpc) is 2.36. The maximum Gasteiger partial charge on any atom is 0.315 e. The van der Waals surface area contributed by atoms with Gasteiger partial charge in [-0.1, -0.05) is 26.0 Å². The first-order valence-electron chi connectivity index (χ1n) is 6.57. The van der Waals surface area contributed by atoms with Gasteiger partial charge in [0.15, 0.2) is 0 Å². The molecule has 0 saturated heterocycles. The Labute approximate surface area is 124 Å². The van der Waals surface area contributed by atoms with Crippen molar-refractivity contribution in [2.24, 2.45) is 5.92 Å². The molecule has 0 aliphatic carbocycles. The van der Waals surface area contributed by atoms with Crippen LogP contribution < -0.4 is 5.32 Å². The summed E-state index contributed by atoms with van der Waals surface area (Å²) < 4.78 is 5.03. The van der Waals surface area contributed by atoms with Crippen LogP contribution in [0.2, 0.25) is 0 Å². The van der Waals surface area contributed by atoms with Crippen molar-refractivity contribution >= 4 is 29.3 Å². The minimum atomic E-state index is -0.271. The van der Waals surface area contributed by atoms with E-state index in [9.17, 15) is 9.59 Å². The first-order valence-corrected chi connectivity index (χ1v) is 7.72. The third-order valence-corrected chi connectivity index (χ3v) is 3.24. The lowest BCUT2D eigenvalue weighted by molar-refractivity contribution is -0.141. The Hall–Kier alpha value is -1.49. The molecule has 0 saturated carbocycles. The van der Waals surface area contributed by atoms with E-state index in [-0.39, 0.29) is 23.4 Å². The minimum absolute atomic E-state index is 0.114. The zero-order valence-electron chi connectivity index (χ0n) is 12.1. The van der Waals surface area contributed by atoms with Gasteiger partial charge >= 0.3 is 5.97 Å². The highest BCUT2D eigenvalue weighted by atomic mass is 32.2. The molecule has 0 radical (unpaired) electrons. The van der Waals surface area contributed by atoms with Crippen LogP contribution in [0.25, 0.3) is 0 Å². The second kappa shape index (κ2) is 8.64. The summed E-state index contributed by atoms with van der Waals surface area (Å²) >= 11 is 1.26. The lowest BCUT2D eigenvalue weighted by atomic mass is 10.2. The molecule has 1 aromatic carbocycles. The van der Waals surface area contributed by atoms with E-state index in [1.807, 2.05) is 45.0 Å². The molecular formula is C15H21NO3S.